The van der Waals surface area contributed by atoms with E-state index < -0.39 is 71.2 Å². The van der Waals surface area contributed by atoms with Crippen molar-refractivity contribution in [1.82, 2.24) is 30.6 Å². The van der Waals surface area contributed by atoms with Gasteiger partial charge in [-0.1, -0.05) is 34.9 Å². The summed E-state index contributed by atoms with van der Waals surface area (Å²) in [4.78, 5) is 0. The smallest absolute Gasteiger partial charge is 0.571 e. The van der Waals surface area contributed by atoms with Gasteiger partial charge in [0.15, 0.2) is 0 Å². The quantitative estimate of drug-likeness (QED) is 0.130. The number of benzene rings is 1. The molecule has 51 heavy (non-hydrogen) atoms. The zero-order valence-electron chi connectivity index (χ0n) is 24.4. The molecule has 3 heterocycles. The summed E-state index contributed by atoms with van der Waals surface area (Å²) in [6, 6.07) is 6.15. The van der Waals surface area contributed by atoms with Crippen molar-refractivity contribution in [1.29, 1.82) is 0 Å². The molecular weight excluding hydrogens is 905 g/mol. The monoisotopic (exact) mass is 918 g/mol. The molecule has 0 amide bonds. The predicted molar refractivity (Wildman–Crippen MR) is 123 cm³/mol. The summed E-state index contributed by atoms with van der Waals surface area (Å²) in [5.41, 5.74) is -5.77. The number of nitrogens with zero attached hydrogens (tertiary/aromatic N) is 6. The Balaban J connectivity index is -0.000000595. The minimum atomic E-state index is -4.89. The van der Waals surface area contributed by atoms with E-state index >= 15 is 0 Å². The molecule has 6 nitrogen and oxygen atoms in total. The number of halogens is 18. The van der Waals surface area contributed by atoms with E-state index in [9.17, 15) is 79.0 Å². The Bertz CT molecular complexity index is 1310. The van der Waals surface area contributed by atoms with E-state index in [0.29, 0.717) is 0 Å². The molecule has 0 saturated heterocycles. The van der Waals surface area contributed by atoms with Crippen molar-refractivity contribution in [3.05, 3.63) is 87.3 Å². The van der Waals surface area contributed by atoms with Gasteiger partial charge in [0.2, 0.25) is 0 Å². The van der Waals surface area contributed by atoms with Crippen molar-refractivity contribution in [3.8, 4) is 0 Å². The Kier molecular flexibility index (Phi) is 19.9. The molecule has 0 unspecified atom stereocenters. The van der Waals surface area contributed by atoms with Gasteiger partial charge in [0.1, 0.15) is 17.1 Å². The van der Waals surface area contributed by atoms with Crippen LogP contribution in [0.2, 0.25) is 0 Å². The largest absolute Gasteiger partial charge is 1.00 e. The van der Waals surface area contributed by atoms with Gasteiger partial charge >= 0.3 is 88.3 Å². The van der Waals surface area contributed by atoms with Crippen molar-refractivity contribution in [2.75, 3.05) is 0 Å². The van der Waals surface area contributed by atoms with Crippen LogP contribution in [-0.4, -0.2) is 15.3 Å². The summed E-state index contributed by atoms with van der Waals surface area (Å²) in [7, 11) is 0. The van der Waals surface area contributed by atoms with Crippen molar-refractivity contribution in [2.45, 2.75) is 57.8 Å². The molecule has 0 atom stereocenters. The SMILES string of the molecule is Cc1cc(C)cc(C)c1.FC(F)(F)c1cc(C(F)(F)F)[n-]n1.FC(F)(F)c1cc(C(F)(F)F)[n-]n1.FC(F)(F)c1cc(C(F)(F)F)[n-]n1.[Cu+].[Cu+].[Cu+]. The third-order valence-corrected chi connectivity index (χ3v) is 4.73. The van der Waals surface area contributed by atoms with E-state index in [2.05, 4.69) is 69.6 Å². The van der Waals surface area contributed by atoms with E-state index in [1.54, 1.807) is 0 Å². The van der Waals surface area contributed by atoms with Crippen LogP contribution in [0.1, 0.15) is 50.9 Å². The minimum Gasteiger partial charge on any atom is -0.571 e. The van der Waals surface area contributed by atoms with Crippen LogP contribution < -0.4 is 15.3 Å². The molecule has 1 aromatic carbocycles. The first-order valence-corrected chi connectivity index (χ1v) is 11.8. The molecular formula is C24H15Cu3F18N6. The van der Waals surface area contributed by atoms with Gasteiger partial charge in [-0.25, -0.2) is 0 Å². The average Bonchev–Trinajstić information content (AvgIpc) is 3.63. The molecule has 0 fully saturated rings. The third-order valence-electron chi connectivity index (χ3n) is 4.73. The molecule has 0 aliphatic heterocycles. The van der Waals surface area contributed by atoms with Crippen LogP contribution in [0.3, 0.4) is 0 Å². The Morgan fingerprint density at radius 3 is 0.608 bits per heavy atom. The van der Waals surface area contributed by atoms with Crippen molar-refractivity contribution in [3.63, 3.8) is 0 Å². The first kappa shape index (κ1) is 52.5. The maximum Gasteiger partial charge on any atom is 1.00 e. The summed E-state index contributed by atoms with van der Waals surface area (Å²) in [5, 5.41) is 14.2. The van der Waals surface area contributed by atoms with Crippen molar-refractivity contribution in [2.24, 2.45) is 0 Å². The Morgan fingerprint density at radius 1 is 0.333 bits per heavy atom. The third kappa shape index (κ3) is 18.5. The number of hydrogen-bond donors (Lipinski definition) is 0. The first-order chi connectivity index (χ1) is 21.3. The predicted octanol–water partition coefficient (Wildman–Crippen LogP) is 8.83. The fraction of sp³-hybridized carbons (Fsp3) is 0.375. The molecule has 3 aromatic heterocycles. The van der Waals surface area contributed by atoms with Crippen molar-refractivity contribution >= 4 is 0 Å². The van der Waals surface area contributed by atoms with Crippen LogP contribution in [-0.2, 0) is 88.3 Å². The second-order valence-electron chi connectivity index (χ2n) is 9.00. The van der Waals surface area contributed by atoms with Crippen LogP contribution >= 0.6 is 0 Å². The van der Waals surface area contributed by atoms with Gasteiger partial charge in [0, 0.05) is 0 Å². The zero-order valence-corrected chi connectivity index (χ0v) is 27.2. The van der Waals surface area contributed by atoms with Gasteiger partial charge in [0.25, 0.3) is 0 Å². The number of hydrogen-bond acceptors (Lipinski definition) is 3. The Labute approximate surface area is 305 Å². The number of rotatable bonds is 0. The maximum atomic E-state index is 11.7. The molecule has 0 radical (unpaired) electrons. The number of aryl methyl sites for hydroxylation is 3. The second-order valence-corrected chi connectivity index (χ2v) is 9.00. The molecule has 300 valence electrons. The molecule has 0 saturated carbocycles. The summed E-state index contributed by atoms with van der Waals surface area (Å²) in [6.07, 6.45) is -29.4. The van der Waals surface area contributed by atoms with Crippen LogP contribution in [0.25, 0.3) is 0 Å². The summed E-state index contributed by atoms with van der Waals surface area (Å²) in [5.74, 6) is 0. The van der Waals surface area contributed by atoms with Crippen LogP contribution in [0.4, 0.5) is 79.0 Å². The fourth-order valence-corrected chi connectivity index (χ4v) is 2.92. The molecule has 4 rings (SSSR count). The molecule has 4 aromatic rings. The zero-order chi connectivity index (χ0) is 37.7. The Morgan fingerprint density at radius 2 is 0.510 bits per heavy atom. The van der Waals surface area contributed by atoms with E-state index in [4.69, 9.17) is 0 Å². The second kappa shape index (κ2) is 19.3. The molecule has 0 N–H and O–H groups in total. The molecule has 0 aliphatic carbocycles. The standard InChI is InChI=1S/C9H12.3C5HF6N2.3Cu/c1-7-4-8(2)6-9(3)5-7;3*6-4(7,8)2-1-3(13-12-2)5(9,10)11;;;/h4-6H,1-3H3;3*1H;;;/q;3*-1;3*+1. The maximum absolute atomic E-state index is 11.7. The van der Waals surface area contributed by atoms with Gasteiger partial charge in [-0.05, 0) is 56.1 Å². The summed E-state index contributed by atoms with van der Waals surface area (Å²) < 4.78 is 211. The minimum absolute atomic E-state index is 0. The molecule has 27 heteroatoms. The summed E-state index contributed by atoms with van der Waals surface area (Å²) >= 11 is 0. The molecule has 0 spiro atoms. The summed E-state index contributed by atoms with van der Waals surface area (Å²) in [6.45, 7) is 6.38. The van der Waals surface area contributed by atoms with Crippen LogP contribution in [0, 0.1) is 20.8 Å². The van der Waals surface area contributed by atoms with Crippen molar-refractivity contribution < 1.29 is 130 Å². The van der Waals surface area contributed by atoms with E-state index in [-0.39, 0.29) is 69.4 Å². The van der Waals surface area contributed by atoms with E-state index in [1.165, 1.54) is 16.7 Å². The van der Waals surface area contributed by atoms with E-state index in [0.717, 1.165) is 0 Å². The molecule has 0 bridgehead atoms. The van der Waals surface area contributed by atoms with Gasteiger partial charge in [-0.15, -0.1) is 0 Å². The van der Waals surface area contributed by atoms with E-state index in [1.807, 2.05) is 0 Å². The van der Waals surface area contributed by atoms with Gasteiger partial charge < -0.3 is 30.6 Å². The first-order valence-electron chi connectivity index (χ1n) is 11.8. The number of aromatic nitrogens is 6. The average molecular weight is 920 g/mol. The topological polar surface area (TPSA) is 81.0 Å². The van der Waals surface area contributed by atoms with Gasteiger partial charge in [-0.3, -0.25) is 0 Å². The number of alkyl halides is 18. The van der Waals surface area contributed by atoms with Crippen LogP contribution in [0.5, 0.6) is 0 Å². The fourth-order valence-electron chi connectivity index (χ4n) is 2.92. The van der Waals surface area contributed by atoms with Gasteiger partial charge in [0.05, 0.1) is 0 Å². The van der Waals surface area contributed by atoms with Crippen LogP contribution in [0.15, 0.2) is 36.4 Å². The normalized spacial score (nSPS) is 11.9. The Hall–Kier alpha value is -2.85. The van der Waals surface area contributed by atoms with Gasteiger partial charge in [-0.2, -0.15) is 79.0 Å². The molecule has 0 aliphatic rings.